The molecule has 0 radical (unpaired) electrons. The van der Waals surface area contributed by atoms with Crippen LogP contribution in [0.15, 0.2) is 53.3 Å². The zero-order valence-electron chi connectivity index (χ0n) is 13.5. The number of nitro groups is 1. The first-order valence-electron chi connectivity index (χ1n) is 7.62. The van der Waals surface area contributed by atoms with Crippen LogP contribution in [-0.4, -0.2) is 24.7 Å². The Balaban J connectivity index is 1.84. The Kier molecular flexibility index (Phi) is 3.77. The predicted octanol–water partition coefficient (Wildman–Crippen LogP) is 3.10. The molecule has 0 bridgehead atoms. The third-order valence-corrected chi connectivity index (χ3v) is 4.83. The van der Waals surface area contributed by atoms with Gasteiger partial charge in [-0.3, -0.25) is 14.9 Å². The van der Waals surface area contributed by atoms with E-state index in [4.69, 9.17) is 0 Å². The minimum absolute atomic E-state index is 0.0400. The molecule has 4 aromatic rings. The summed E-state index contributed by atoms with van der Waals surface area (Å²) in [5.41, 5.74) is 1.78. The predicted molar refractivity (Wildman–Crippen MR) is 97.2 cm³/mol. The summed E-state index contributed by atoms with van der Waals surface area (Å²) in [6.07, 6.45) is 0. The lowest BCUT2D eigenvalue weighted by molar-refractivity contribution is -0.385. The molecule has 0 aliphatic rings. The molecular weight excluding hydrogens is 354 g/mol. The molecule has 0 unspecified atom stereocenters. The maximum Gasteiger partial charge on any atom is 0.302 e. The molecule has 4 rings (SSSR count). The van der Waals surface area contributed by atoms with Crippen LogP contribution in [0.25, 0.3) is 26.8 Å². The summed E-state index contributed by atoms with van der Waals surface area (Å²) in [7, 11) is 0. The average Bonchev–Trinajstić information content (AvgIpc) is 3.07. The molecule has 0 amide bonds. The van der Waals surface area contributed by atoms with E-state index < -0.39 is 4.92 Å². The fraction of sp³-hybridized carbons (Fsp3) is 0.0588. The summed E-state index contributed by atoms with van der Waals surface area (Å²) < 4.78 is 1.21. The summed E-state index contributed by atoms with van der Waals surface area (Å²) in [4.78, 5) is 23.6. The van der Waals surface area contributed by atoms with E-state index in [1.54, 1.807) is 31.2 Å². The minimum Gasteiger partial charge on any atom is -0.265 e. The van der Waals surface area contributed by atoms with Crippen LogP contribution in [-0.2, 0) is 0 Å². The van der Waals surface area contributed by atoms with Gasteiger partial charge in [0.15, 0.2) is 5.69 Å². The molecule has 9 heteroatoms. The molecule has 0 fully saturated rings. The number of hydrogen-bond donors (Lipinski definition) is 0. The molecule has 0 saturated carbocycles. The highest BCUT2D eigenvalue weighted by Gasteiger charge is 2.16. The molecular formula is C17H11N5O3S. The number of rotatable bonds is 3. The Morgan fingerprint density at radius 2 is 1.85 bits per heavy atom. The Labute approximate surface area is 150 Å². The Bertz CT molecular complexity index is 1200. The third-order valence-electron chi connectivity index (χ3n) is 3.88. The van der Waals surface area contributed by atoms with E-state index in [0.717, 1.165) is 0 Å². The smallest absolute Gasteiger partial charge is 0.265 e. The van der Waals surface area contributed by atoms with E-state index in [2.05, 4.69) is 15.3 Å². The molecule has 2 aromatic heterocycles. The topological polar surface area (TPSA) is 103 Å². The van der Waals surface area contributed by atoms with Crippen LogP contribution >= 0.6 is 11.3 Å². The summed E-state index contributed by atoms with van der Waals surface area (Å²) >= 11 is 1.20. The van der Waals surface area contributed by atoms with Crippen LogP contribution in [0.4, 0.5) is 5.69 Å². The average molecular weight is 365 g/mol. The van der Waals surface area contributed by atoms with Crippen molar-refractivity contribution in [1.82, 2.24) is 19.8 Å². The Hall–Kier alpha value is -3.46. The van der Waals surface area contributed by atoms with Gasteiger partial charge in [-0.05, 0) is 19.1 Å². The van der Waals surface area contributed by atoms with Crippen LogP contribution in [0.5, 0.6) is 0 Å². The lowest BCUT2D eigenvalue weighted by Crippen LogP contribution is -2.19. The highest BCUT2D eigenvalue weighted by atomic mass is 32.1. The summed E-state index contributed by atoms with van der Waals surface area (Å²) in [5, 5.41) is 24.0. The van der Waals surface area contributed by atoms with Crippen molar-refractivity contribution in [3.05, 3.63) is 74.6 Å². The molecule has 0 aliphatic carbocycles. The molecule has 0 N–H and O–H groups in total. The lowest BCUT2D eigenvalue weighted by atomic mass is 10.1. The first kappa shape index (κ1) is 16.0. The van der Waals surface area contributed by atoms with Gasteiger partial charge in [-0.1, -0.05) is 41.7 Å². The van der Waals surface area contributed by atoms with Gasteiger partial charge in [0.25, 0.3) is 5.69 Å². The lowest BCUT2D eigenvalue weighted by Gasteiger charge is -1.99. The fourth-order valence-corrected chi connectivity index (χ4v) is 3.43. The van der Waals surface area contributed by atoms with Gasteiger partial charge < -0.3 is 0 Å². The first-order chi connectivity index (χ1) is 12.5. The quantitative estimate of drug-likeness (QED) is 0.408. The van der Waals surface area contributed by atoms with Crippen LogP contribution in [0, 0.1) is 17.0 Å². The SMILES string of the molecule is Cc1cc(-c2nn3c(=O)c(-c4ccccc4)nnc3s2)ccc1[N+](=O)[O-]. The van der Waals surface area contributed by atoms with Gasteiger partial charge in [0, 0.05) is 22.8 Å². The van der Waals surface area contributed by atoms with Gasteiger partial charge in [0.05, 0.1) is 4.92 Å². The highest BCUT2D eigenvalue weighted by molar-refractivity contribution is 7.19. The van der Waals surface area contributed by atoms with E-state index in [1.165, 1.54) is 21.9 Å². The van der Waals surface area contributed by atoms with Crippen molar-refractivity contribution in [3.8, 4) is 21.8 Å². The number of aryl methyl sites for hydroxylation is 1. The van der Waals surface area contributed by atoms with Crippen LogP contribution in [0.1, 0.15) is 5.56 Å². The molecule has 0 atom stereocenters. The Morgan fingerprint density at radius 3 is 2.54 bits per heavy atom. The zero-order valence-corrected chi connectivity index (χ0v) is 14.3. The van der Waals surface area contributed by atoms with Crippen molar-refractivity contribution in [2.24, 2.45) is 0 Å². The van der Waals surface area contributed by atoms with E-state index in [0.29, 0.717) is 26.7 Å². The van der Waals surface area contributed by atoms with Crippen molar-refractivity contribution in [2.75, 3.05) is 0 Å². The Morgan fingerprint density at radius 1 is 1.08 bits per heavy atom. The van der Waals surface area contributed by atoms with Crippen molar-refractivity contribution in [2.45, 2.75) is 6.92 Å². The zero-order chi connectivity index (χ0) is 18.3. The molecule has 0 saturated heterocycles. The second kappa shape index (κ2) is 6.12. The van der Waals surface area contributed by atoms with Crippen molar-refractivity contribution >= 4 is 22.0 Å². The van der Waals surface area contributed by atoms with Crippen molar-refractivity contribution in [3.63, 3.8) is 0 Å². The number of aromatic nitrogens is 4. The van der Waals surface area contributed by atoms with E-state index in [9.17, 15) is 14.9 Å². The number of fused-ring (bicyclic) bond motifs is 1. The molecule has 8 nitrogen and oxygen atoms in total. The molecule has 26 heavy (non-hydrogen) atoms. The maximum absolute atomic E-state index is 12.7. The maximum atomic E-state index is 12.7. The second-order valence-corrected chi connectivity index (χ2v) is 6.54. The van der Waals surface area contributed by atoms with Gasteiger partial charge in [0.1, 0.15) is 5.01 Å². The normalized spacial score (nSPS) is 11.0. The van der Waals surface area contributed by atoms with Crippen LogP contribution in [0.2, 0.25) is 0 Å². The number of nitrogens with zero attached hydrogens (tertiary/aromatic N) is 5. The summed E-state index contributed by atoms with van der Waals surface area (Å²) in [6, 6.07) is 13.8. The second-order valence-electron chi connectivity index (χ2n) is 5.58. The standard InChI is InChI=1S/C17H11N5O3S/c1-10-9-12(7-8-13(10)22(24)25)15-20-21-16(23)14(18-19-17(21)26-15)11-5-3-2-4-6-11/h2-9H,1H3. The van der Waals surface area contributed by atoms with Crippen molar-refractivity contribution in [1.29, 1.82) is 0 Å². The van der Waals surface area contributed by atoms with Crippen LogP contribution < -0.4 is 5.56 Å². The third kappa shape index (κ3) is 2.64. The molecule has 0 spiro atoms. The minimum atomic E-state index is -0.431. The molecule has 2 aromatic carbocycles. The monoisotopic (exact) mass is 365 g/mol. The van der Waals surface area contributed by atoms with Crippen LogP contribution in [0.3, 0.4) is 0 Å². The first-order valence-corrected chi connectivity index (χ1v) is 8.43. The van der Waals surface area contributed by atoms with E-state index >= 15 is 0 Å². The molecule has 128 valence electrons. The van der Waals surface area contributed by atoms with Gasteiger partial charge in [0.2, 0.25) is 4.96 Å². The fourth-order valence-electron chi connectivity index (χ4n) is 2.60. The summed E-state index contributed by atoms with van der Waals surface area (Å²) in [6.45, 7) is 1.66. The number of benzene rings is 2. The number of nitro benzene ring substituents is 1. The number of hydrogen-bond acceptors (Lipinski definition) is 7. The highest BCUT2D eigenvalue weighted by Crippen LogP contribution is 2.28. The van der Waals surface area contributed by atoms with Gasteiger partial charge in [-0.25, -0.2) is 0 Å². The van der Waals surface area contributed by atoms with Gasteiger partial charge >= 0.3 is 5.56 Å². The van der Waals surface area contributed by atoms with Crippen molar-refractivity contribution < 1.29 is 4.92 Å². The van der Waals surface area contributed by atoms with E-state index in [-0.39, 0.29) is 16.9 Å². The molecule has 2 heterocycles. The molecule has 0 aliphatic heterocycles. The van der Waals surface area contributed by atoms with Gasteiger partial charge in [-0.15, -0.1) is 10.2 Å². The summed E-state index contributed by atoms with van der Waals surface area (Å²) in [5.74, 6) is 0. The largest absolute Gasteiger partial charge is 0.302 e. The van der Waals surface area contributed by atoms with E-state index in [1.807, 2.05) is 18.2 Å². The van der Waals surface area contributed by atoms with Gasteiger partial charge in [-0.2, -0.15) is 9.61 Å².